The minimum absolute atomic E-state index is 0.0631. The minimum atomic E-state index is -1.01. The van der Waals surface area contributed by atoms with Crippen molar-refractivity contribution in [2.75, 3.05) is 6.61 Å². The number of ether oxygens (including phenoxy) is 1. The van der Waals surface area contributed by atoms with Crippen LogP contribution in [0.15, 0.2) is 24.3 Å². The highest BCUT2D eigenvalue weighted by molar-refractivity contribution is 6.31. The molecule has 1 aromatic rings. The average molecular weight is 313 g/mol. The molecule has 2 atom stereocenters. The normalized spacial score (nSPS) is 20.4. The van der Waals surface area contributed by atoms with Gasteiger partial charge in [0.2, 0.25) is 0 Å². The predicted molar refractivity (Wildman–Crippen MR) is 84.3 cm³/mol. The van der Waals surface area contributed by atoms with Gasteiger partial charge in [0, 0.05) is 24.5 Å². The molecule has 0 aliphatic heterocycles. The summed E-state index contributed by atoms with van der Waals surface area (Å²) >= 11 is 6.21. The lowest BCUT2D eigenvalue weighted by Gasteiger charge is -2.32. The van der Waals surface area contributed by atoms with E-state index in [1.165, 1.54) is 0 Å². The van der Waals surface area contributed by atoms with Crippen LogP contribution in [0.2, 0.25) is 5.02 Å². The van der Waals surface area contributed by atoms with Crippen molar-refractivity contribution in [2.24, 2.45) is 5.92 Å². The number of aliphatic hydroxyl groups excluding tert-OH is 1. The van der Waals surface area contributed by atoms with Crippen LogP contribution >= 0.6 is 11.6 Å². The van der Waals surface area contributed by atoms with E-state index in [0.717, 1.165) is 29.8 Å². The summed E-state index contributed by atoms with van der Waals surface area (Å²) in [5.74, 6) is -0.823. The second kappa shape index (κ2) is 7.59. The van der Waals surface area contributed by atoms with Crippen molar-refractivity contribution in [3.8, 4) is 0 Å². The number of hydrogen-bond acceptors (Lipinski definition) is 3. The Balaban J connectivity index is 2.01. The van der Waals surface area contributed by atoms with E-state index in [-0.39, 0.29) is 18.6 Å². The Bertz CT molecular complexity index is 443. The van der Waals surface area contributed by atoms with Gasteiger partial charge in [0.05, 0.1) is 6.10 Å². The molecule has 1 aliphatic rings. The smallest absolute Gasteiger partial charge is 0.165 e. The molecule has 0 bridgehead atoms. The van der Waals surface area contributed by atoms with E-state index >= 15 is 0 Å². The summed E-state index contributed by atoms with van der Waals surface area (Å²) in [6, 6.07) is 7.79. The van der Waals surface area contributed by atoms with E-state index < -0.39 is 5.79 Å². The fraction of sp³-hybridized carbons (Fsp3) is 0.647. The van der Waals surface area contributed by atoms with Crippen LogP contribution in [-0.2, 0) is 11.2 Å². The Morgan fingerprint density at radius 1 is 1.29 bits per heavy atom. The summed E-state index contributed by atoms with van der Waals surface area (Å²) < 4.78 is 5.97. The van der Waals surface area contributed by atoms with Crippen molar-refractivity contribution in [3.05, 3.63) is 34.9 Å². The Morgan fingerprint density at radius 2 is 1.95 bits per heavy atom. The second-order valence-corrected chi connectivity index (χ2v) is 6.50. The summed E-state index contributed by atoms with van der Waals surface area (Å²) in [5, 5.41) is 20.5. The molecular weight excluding hydrogens is 288 g/mol. The number of halogens is 1. The van der Waals surface area contributed by atoms with Crippen molar-refractivity contribution in [1.29, 1.82) is 0 Å². The molecule has 0 aromatic heterocycles. The van der Waals surface area contributed by atoms with Gasteiger partial charge in [-0.1, -0.05) is 36.7 Å². The summed E-state index contributed by atoms with van der Waals surface area (Å²) in [5.41, 5.74) is 1.08. The molecular formula is C17H25ClO3. The number of benzene rings is 1. The van der Waals surface area contributed by atoms with Crippen molar-refractivity contribution in [3.63, 3.8) is 0 Å². The molecule has 1 saturated carbocycles. The van der Waals surface area contributed by atoms with Crippen LogP contribution in [0.5, 0.6) is 0 Å². The van der Waals surface area contributed by atoms with Gasteiger partial charge < -0.3 is 14.9 Å². The van der Waals surface area contributed by atoms with Crippen molar-refractivity contribution < 1.29 is 14.9 Å². The van der Waals surface area contributed by atoms with Gasteiger partial charge in [-0.05, 0) is 43.2 Å². The highest BCUT2D eigenvalue weighted by Gasteiger charge is 2.36. The fourth-order valence-electron chi connectivity index (χ4n) is 3.06. The summed E-state index contributed by atoms with van der Waals surface area (Å²) in [6.45, 7) is 2.15. The van der Waals surface area contributed by atoms with Crippen LogP contribution in [0.25, 0.3) is 0 Å². The molecule has 118 valence electrons. The molecule has 0 spiro atoms. The lowest BCUT2D eigenvalue weighted by molar-refractivity contribution is -0.236. The molecule has 1 aliphatic carbocycles. The van der Waals surface area contributed by atoms with E-state index in [9.17, 15) is 10.2 Å². The highest BCUT2D eigenvalue weighted by Crippen LogP contribution is 2.34. The molecule has 0 heterocycles. The van der Waals surface area contributed by atoms with Crippen LogP contribution in [0.1, 0.15) is 44.6 Å². The molecule has 0 radical (unpaired) electrons. The summed E-state index contributed by atoms with van der Waals surface area (Å²) in [7, 11) is 0. The number of hydrogen-bond donors (Lipinski definition) is 2. The van der Waals surface area contributed by atoms with Crippen LogP contribution in [0, 0.1) is 5.92 Å². The number of rotatable bonds is 7. The fourth-order valence-corrected chi connectivity index (χ4v) is 3.27. The first-order valence-corrected chi connectivity index (χ1v) is 8.16. The van der Waals surface area contributed by atoms with Crippen LogP contribution in [-0.4, -0.2) is 28.7 Å². The van der Waals surface area contributed by atoms with Crippen LogP contribution in [0.3, 0.4) is 0 Å². The molecule has 0 saturated heterocycles. The van der Waals surface area contributed by atoms with E-state index in [2.05, 4.69) is 6.92 Å². The number of aliphatic hydroxyl groups is 2. The SMILES string of the molecule is CC(Cc1ccccc1Cl)C(CCO)OC1(O)CCCC1. The Labute approximate surface area is 131 Å². The summed E-state index contributed by atoms with van der Waals surface area (Å²) in [6.07, 6.45) is 4.53. The van der Waals surface area contributed by atoms with Crippen LogP contribution in [0.4, 0.5) is 0 Å². The first-order valence-electron chi connectivity index (χ1n) is 7.78. The van der Waals surface area contributed by atoms with Crippen molar-refractivity contribution in [2.45, 2.75) is 57.3 Å². The van der Waals surface area contributed by atoms with E-state index in [0.29, 0.717) is 19.3 Å². The van der Waals surface area contributed by atoms with Gasteiger partial charge in [-0.3, -0.25) is 0 Å². The van der Waals surface area contributed by atoms with Gasteiger partial charge in [0.15, 0.2) is 5.79 Å². The molecule has 0 amide bonds. The third-order valence-electron chi connectivity index (χ3n) is 4.30. The monoisotopic (exact) mass is 312 g/mol. The second-order valence-electron chi connectivity index (χ2n) is 6.09. The van der Waals surface area contributed by atoms with Crippen molar-refractivity contribution >= 4 is 11.6 Å². The maximum atomic E-state index is 10.4. The molecule has 1 fully saturated rings. The Morgan fingerprint density at radius 3 is 2.57 bits per heavy atom. The molecule has 2 N–H and O–H groups in total. The quantitative estimate of drug-likeness (QED) is 0.757. The minimum Gasteiger partial charge on any atom is -0.396 e. The van der Waals surface area contributed by atoms with Crippen LogP contribution < -0.4 is 0 Å². The predicted octanol–water partition coefficient (Wildman–Crippen LogP) is 3.55. The molecule has 3 nitrogen and oxygen atoms in total. The third-order valence-corrected chi connectivity index (χ3v) is 4.67. The third kappa shape index (κ3) is 4.68. The largest absolute Gasteiger partial charge is 0.396 e. The maximum Gasteiger partial charge on any atom is 0.165 e. The average Bonchev–Trinajstić information content (AvgIpc) is 2.87. The van der Waals surface area contributed by atoms with Gasteiger partial charge in [-0.25, -0.2) is 0 Å². The zero-order chi connectivity index (χ0) is 15.3. The van der Waals surface area contributed by atoms with Gasteiger partial charge in [0.25, 0.3) is 0 Å². The summed E-state index contributed by atoms with van der Waals surface area (Å²) in [4.78, 5) is 0. The van der Waals surface area contributed by atoms with Gasteiger partial charge in [-0.2, -0.15) is 0 Å². The maximum absolute atomic E-state index is 10.4. The van der Waals surface area contributed by atoms with E-state index in [1.807, 2.05) is 24.3 Å². The zero-order valence-corrected chi connectivity index (χ0v) is 13.4. The molecule has 21 heavy (non-hydrogen) atoms. The van der Waals surface area contributed by atoms with E-state index in [4.69, 9.17) is 16.3 Å². The lowest BCUT2D eigenvalue weighted by Crippen LogP contribution is -2.37. The standard InChI is InChI=1S/C17H25ClO3/c1-13(12-14-6-2-3-7-15(14)18)16(8-11-19)21-17(20)9-4-5-10-17/h2-3,6-7,13,16,19-20H,4-5,8-12H2,1H3. The zero-order valence-electron chi connectivity index (χ0n) is 12.6. The van der Waals surface area contributed by atoms with Crippen molar-refractivity contribution in [1.82, 2.24) is 0 Å². The molecule has 2 rings (SSSR count). The topological polar surface area (TPSA) is 49.7 Å². The Kier molecular flexibility index (Phi) is 6.06. The lowest BCUT2D eigenvalue weighted by atomic mass is 9.93. The van der Waals surface area contributed by atoms with Gasteiger partial charge in [-0.15, -0.1) is 0 Å². The van der Waals surface area contributed by atoms with E-state index in [1.54, 1.807) is 0 Å². The molecule has 2 unspecified atom stereocenters. The molecule has 4 heteroatoms. The van der Waals surface area contributed by atoms with Gasteiger partial charge in [0.1, 0.15) is 0 Å². The molecule has 1 aromatic carbocycles. The highest BCUT2D eigenvalue weighted by atomic mass is 35.5. The first kappa shape index (κ1) is 16.8. The first-order chi connectivity index (χ1) is 10.0. The Hall–Kier alpha value is -0.610. The van der Waals surface area contributed by atoms with Gasteiger partial charge >= 0.3 is 0 Å².